The minimum absolute atomic E-state index is 0.0659. The van der Waals surface area contributed by atoms with Crippen LogP contribution in [0.4, 0.5) is 37.7 Å². The van der Waals surface area contributed by atoms with Gasteiger partial charge in [0.25, 0.3) is 5.91 Å². The number of hydrogen-bond donors (Lipinski definition) is 5. The minimum Gasteiger partial charge on any atom is -0.475 e. The third-order valence-electron chi connectivity index (χ3n) is 6.01. The van der Waals surface area contributed by atoms with Gasteiger partial charge in [0.05, 0.1) is 0 Å². The van der Waals surface area contributed by atoms with Crippen molar-refractivity contribution in [1.29, 1.82) is 0 Å². The normalized spacial score (nSPS) is 15.2. The van der Waals surface area contributed by atoms with E-state index < -0.39 is 24.3 Å². The first-order chi connectivity index (χ1) is 19.6. The number of aliphatic carboxylic acids is 2. The topological polar surface area (TPSA) is 131 Å². The fourth-order valence-corrected chi connectivity index (χ4v) is 3.82. The van der Waals surface area contributed by atoms with Crippen LogP contribution in [0.3, 0.4) is 0 Å². The first kappa shape index (κ1) is 34.1. The Morgan fingerprint density at radius 2 is 1.38 bits per heavy atom. The molecule has 2 aliphatic rings. The van der Waals surface area contributed by atoms with Gasteiger partial charge in [0.1, 0.15) is 0 Å². The van der Waals surface area contributed by atoms with Crippen molar-refractivity contribution in [3.63, 3.8) is 0 Å². The zero-order valence-electron chi connectivity index (χ0n) is 22.4. The van der Waals surface area contributed by atoms with E-state index in [1.165, 1.54) is 16.8 Å². The molecule has 0 aromatic heterocycles. The van der Waals surface area contributed by atoms with Crippen LogP contribution in [0.5, 0.6) is 0 Å². The highest BCUT2D eigenvalue weighted by Crippen LogP contribution is 2.24. The number of halogens is 6. The fourth-order valence-electron chi connectivity index (χ4n) is 3.82. The second-order valence-corrected chi connectivity index (χ2v) is 9.06. The number of rotatable bonds is 4. The number of amides is 1. The third kappa shape index (κ3) is 11.0. The third-order valence-corrected chi connectivity index (χ3v) is 6.01. The molecule has 2 heterocycles. The second-order valence-electron chi connectivity index (χ2n) is 9.06. The molecular formula is C27H30F6N4O5. The van der Waals surface area contributed by atoms with Gasteiger partial charge < -0.3 is 31.1 Å². The smallest absolute Gasteiger partial charge is 0.475 e. The van der Waals surface area contributed by atoms with Gasteiger partial charge in [-0.25, -0.2) is 9.59 Å². The fraction of sp³-hybridized carbons (Fsp3) is 0.370. The number of anilines is 2. The van der Waals surface area contributed by atoms with Gasteiger partial charge in [-0.1, -0.05) is 18.2 Å². The second kappa shape index (κ2) is 15.2. The summed E-state index contributed by atoms with van der Waals surface area (Å²) in [5.41, 5.74) is 6.41. The number of nitrogens with one attached hydrogen (secondary N) is 3. The molecule has 0 saturated carbocycles. The maximum absolute atomic E-state index is 12.7. The Balaban J connectivity index is 0.000000367. The van der Waals surface area contributed by atoms with Crippen LogP contribution < -0.4 is 20.9 Å². The van der Waals surface area contributed by atoms with Crippen LogP contribution >= 0.6 is 0 Å². The Hall–Kier alpha value is -4.11. The molecule has 0 radical (unpaired) electrons. The van der Waals surface area contributed by atoms with Crippen LogP contribution in [0.1, 0.15) is 27.9 Å². The summed E-state index contributed by atoms with van der Waals surface area (Å²) < 4.78 is 63.5. The van der Waals surface area contributed by atoms with Crippen molar-refractivity contribution in [2.24, 2.45) is 0 Å². The van der Waals surface area contributed by atoms with Crippen LogP contribution in [0.15, 0.2) is 48.5 Å². The number of carboxylic acid groups (broad SMARTS) is 2. The van der Waals surface area contributed by atoms with E-state index in [0.29, 0.717) is 5.56 Å². The monoisotopic (exact) mass is 604 g/mol. The Kier molecular flexibility index (Phi) is 12.3. The lowest BCUT2D eigenvalue weighted by Crippen LogP contribution is -2.43. The average Bonchev–Trinajstić information content (AvgIpc) is 2.95. The van der Waals surface area contributed by atoms with Crippen molar-refractivity contribution in [1.82, 2.24) is 10.6 Å². The van der Waals surface area contributed by atoms with Crippen LogP contribution in [-0.4, -0.2) is 79.7 Å². The van der Waals surface area contributed by atoms with Crippen LogP contribution in [0.25, 0.3) is 5.57 Å². The van der Waals surface area contributed by atoms with Gasteiger partial charge in [0.15, 0.2) is 0 Å². The van der Waals surface area contributed by atoms with Crippen molar-refractivity contribution < 1.29 is 50.9 Å². The Labute approximate surface area is 237 Å². The molecule has 0 unspecified atom stereocenters. The first-order valence-corrected chi connectivity index (χ1v) is 12.6. The molecule has 42 heavy (non-hydrogen) atoms. The lowest BCUT2D eigenvalue weighted by atomic mass is 9.99. The average molecular weight is 605 g/mol. The quantitative estimate of drug-likeness (QED) is 0.327. The Morgan fingerprint density at radius 1 is 0.833 bits per heavy atom. The number of aryl methyl sites for hydroxylation is 1. The number of hydrogen-bond acceptors (Lipinski definition) is 6. The van der Waals surface area contributed by atoms with Gasteiger partial charge in [-0.2, -0.15) is 26.3 Å². The Bertz CT molecular complexity index is 1230. The number of alkyl halides is 6. The molecule has 4 rings (SSSR count). The number of carbonyl (C=O) groups excluding carboxylic acids is 1. The molecule has 230 valence electrons. The number of carbonyl (C=O) groups is 3. The number of nitrogens with zero attached hydrogens (tertiary/aromatic N) is 1. The van der Waals surface area contributed by atoms with Crippen molar-refractivity contribution in [2.45, 2.75) is 25.7 Å². The van der Waals surface area contributed by atoms with E-state index in [2.05, 4.69) is 39.1 Å². The van der Waals surface area contributed by atoms with Gasteiger partial charge in [-0.3, -0.25) is 4.79 Å². The molecule has 2 aromatic rings. The van der Waals surface area contributed by atoms with E-state index >= 15 is 0 Å². The molecule has 0 aliphatic carbocycles. The summed E-state index contributed by atoms with van der Waals surface area (Å²) in [6.45, 7) is 8.04. The number of piperazine rings is 1. The lowest BCUT2D eigenvalue weighted by Gasteiger charge is -2.30. The molecule has 1 saturated heterocycles. The molecule has 0 bridgehead atoms. The van der Waals surface area contributed by atoms with E-state index in [1.807, 2.05) is 37.3 Å². The minimum atomic E-state index is -5.08. The van der Waals surface area contributed by atoms with Gasteiger partial charge >= 0.3 is 24.3 Å². The molecule has 1 amide bonds. The summed E-state index contributed by atoms with van der Waals surface area (Å²) in [7, 11) is 0. The zero-order valence-corrected chi connectivity index (χ0v) is 22.4. The van der Waals surface area contributed by atoms with Gasteiger partial charge in [-0.15, -0.1) is 0 Å². The molecule has 0 atom stereocenters. The largest absolute Gasteiger partial charge is 0.490 e. The van der Waals surface area contributed by atoms with Crippen LogP contribution in [0, 0.1) is 6.92 Å². The van der Waals surface area contributed by atoms with Crippen molar-refractivity contribution in [2.75, 3.05) is 49.5 Å². The van der Waals surface area contributed by atoms with Crippen molar-refractivity contribution >= 4 is 34.8 Å². The molecular weight excluding hydrogens is 574 g/mol. The molecule has 5 N–H and O–H groups in total. The highest BCUT2D eigenvalue weighted by atomic mass is 19.4. The summed E-state index contributed by atoms with van der Waals surface area (Å²) in [5.74, 6) is -5.58. The van der Waals surface area contributed by atoms with E-state index in [9.17, 15) is 31.1 Å². The highest BCUT2D eigenvalue weighted by Gasteiger charge is 2.38. The highest BCUT2D eigenvalue weighted by molar-refractivity contribution is 6.04. The Morgan fingerprint density at radius 3 is 1.83 bits per heavy atom. The first-order valence-electron chi connectivity index (χ1n) is 12.6. The summed E-state index contributed by atoms with van der Waals surface area (Å²) in [4.78, 5) is 32.9. The van der Waals surface area contributed by atoms with Gasteiger partial charge in [0, 0.05) is 49.7 Å². The van der Waals surface area contributed by atoms with Crippen molar-refractivity contribution in [3.8, 4) is 0 Å². The molecule has 15 heteroatoms. The molecule has 2 aliphatic heterocycles. The SMILES string of the molecule is Cc1cc(N2CCNCC2)ccc1NC(=O)c1ccc(C2=CCNCC2)cc1.O=C(O)C(F)(F)F.O=C(O)C(F)(F)F. The summed E-state index contributed by atoms with van der Waals surface area (Å²) in [6, 6.07) is 14.2. The van der Waals surface area contributed by atoms with E-state index in [4.69, 9.17) is 19.8 Å². The molecule has 9 nitrogen and oxygen atoms in total. The number of benzene rings is 2. The standard InChI is InChI=1S/C23H28N4O.2C2HF3O2/c1-17-16-21(27-14-12-25-13-15-27)6-7-22(17)26-23(28)20-4-2-18(3-5-20)19-8-10-24-11-9-19;2*3-2(4,5)1(6)7/h2-8,16,24-25H,9-15H2,1H3,(H,26,28);2*(H,6,7). The van der Waals surface area contributed by atoms with Gasteiger partial charge in [-0.05, 0) is 66.9 Å². The summed E-state index contributed by atoms with van der Waals surface area (Å²) >= 11 is 0. The van der Waals surface area contributed by atoms with Crippen LogP contribution in [-0.2, 0) is 9.59 Å². The summed E-state index contributed by atoms with van der Waals surface area (Å²) in [5, 5.41) is 24.0. The number of carboxylic acids is 2. The maximum atomic E-state index is 12.7. The van der Waals surface area contributed by atoms with Crippen molar-refractivity contribution in [3.05, 3.63) is 65.2 Å². The van der Waals surface area contributed by atoms with E-state index in [1.54, 1.807) is 0 Å². The molecule has 0 spiro atoms. The predicted molar refractivity (Wildman–Crippen MR) is 144 cm³/mol. The zero-order chi connectivity index (χ0) is 31.5. The van der Waals surface area contributed by atoms with E-state index in [0.717, 1.165) is 56.9 Å². The van der Waals surface area contributed by atoms with Crippen LogP contribution in [0.2, 0.25) is 0 Å². The van der Waals surface area contributed by atoms with Gasteiger partial charge in [0.2, 0.25) is 0 Å². The maximum Gasteiger partial charge on any atom is 0.490 e. The lowest BCUT2D eigenvalue weighted by molar-refractivity contribution is -0.193. The summed E-state index contributed by atoms with van der Waals surface area (Å²) in [6.07, 6.45) is -6.91. The predicted octanol–water partition coefficient (Wildman–Crippen LogP) is 4.30. The molecule has 1 fully saturated rings. The van der Waals surface area contributed by atoms with E-state index in [-0.39, 0.29) is 5.91 Å². The molecule has 2 aromatic carbocycles.